The van der Waals surface area contributed by atoms with Gasteiger partial charge in [-0.3, -0.25) is 9.69 Å². The fraction of sp³-hybridized carbons (Fsp3) is 0.0526. The Kier molecular flexibility index (Phi) is 3.60. The summed E-state index contributed by atoms with van der Waals surface area (Å²) >= 11 is 1.61. The highest BCUT2D eigenvalue weighted by atomic mass is 32.2. The summed E-state index contributed by atoms with van der Waals surface area (Å²) in [5.74, 6) is -0.00750. The van der Waals surface area contributed by atoms with E-state index in [0.29, 0.717) is 5.56 Å². The Morgan fingerprint density at radius 2 is 1.57 bits per heavy atom. The van der Waals surface area contributed by atoms with Crippen molar-refractivity contribution >= 4 is 23.4 Å². The van der Waals surface area contributed by atoms with Crippen LogP contribution in [0.3, 0.4) is 0 Å². The molecule has 0 unspecified atom stereocenters. The van der Waals surface area contributed by atoms with Crippen LogP contribution < -0.4 is 4.90 Å². The van der Waals surface area contributed by atoms with Crippen molar-refractivity contribution in [3.8, 4) is 0 Å². The van der Waals surface area contributed by atoms with Crippen LogP contribution in [-0.2, 0) is 0 Å². The van der Waals surface area contributed by atoms with E-state index in [1.54, 1.807) is 18.0 Å². The third-order valence-electron chi connectivity index (χ3n) is 3.80. The SMILES string of the molecule is O=C1c2cccnc2S[C@@H](c2ccccc2)N1c1ccccc1. The van der Waals surface area contributed by atoms with E-state index >= 15 is 0 Å². The van der Waals surface area contributed by atoms with Crippen molar-refractivity contribution in [2.45, 2.75) is 10.4 Å². The van der Waals surface area contributed by atoms with Gasteiger partial charge in [-0.1, -0.05) is 60.3 Å². The van der Waals surface area contributed by atoms with Crippen molar-refractivity contribution in [3.05, 3.63) is 90.1 Å². The number of pyridine rings is 1. The summed E-state index contributed by atoms with van der Waals surface area (Å²) in [6.45, 7) is 0. The third-order valence-corrected chi connectivity index (χ3v) is 5.05. The lowest BCUT2D eigenvalue weighted by atomic mass is 10.1. The van der Waals surface area contributed by atoms with Crippen LogP contribution >= 0.6 is 11.8 Å². The van der Waals surface area contributed by atoms with Gasteiger partial charge in [0.05, 0.1) is 5.56 Å². The lowest BCUT2D eigenvalue weighted by Gasteiger charge is -2.35. The Morgan fingerprint density at radius 3 is 2.30 bits per heavy atom. The second-order valence-electron chi connectivity index (χ2n) is 5.25. The molecule has 0 N–H and O–H groups in total. The van der Waals surface area contributed by atoms with Crippen LogP contribution in [0, 0.1) is 0 Å². The summed E-state index contributed by atoms with van der Waals surface area (Å²) in [5.41, 5.74) is 2.65. The smallest absolute Gasteiger partial charge is 0.262 e. The topological polar surface area (TPSA) is 33.2 Å². The number of thioether (sulfide) groups is 1. The van der Waals surface area contributed by atoms with E-state index in [9.17, 15) is 4.79 Å². The molecule has 112 valence electrons. The highest BCUT2D eigenvalue weighted by molar-refractivity contribution is 7.99. The van der Waals surface area contributed by atoms with Crippen molar-refractivity contribution in [2.24, 2.45) is 0 Å². The van der Waals surface area contributed by atoms with Crippen molar-refractivity contribution < 1.29 is 4.79 Å². The molecule has 3 aromatic rings. The lowest BCUT2D eigenvalue weighted by molar-refractivity contribution is 0.0978. The van der Waals surface area contributed by atoms with E-state index in [-0.39, 0.29) is 11.3 Å². The molecular weight excluding hydrogens is 304 g/mol. The number of para-hydroxylation sites is 1. The van der Waals surface area contributed by atoms with E-state index in [0.717, 1.165) is 16.3 Å². The summed E-state index contributed by atoms with van der Waals surface area (Å²) < 4.78 is 0. The minimum atomic E-state index is -0.117. The first-order chi connectivity index (χ1) is 11.3. The quantitative estimate of drug-likeness (QED) is 0.696. The van der Waals surface area contributed by atoms with Crippen LogP contribution in [0.4, 0.5) is 5.69 Å². The molecule has 2 heterocycles. The molecule has 0 saturated heterocycles. The Labute approximate surface area is 139 Å². The van der Waals surface area contributed by atoms with Crippen LogP contribution in [0.2, 0.25) is 0 Å². The molecule has 1 atom stereocenters. The molecule has 1 amide bonds. The zero-order valence-corrected chi connectivity index (χ0v) is 13.1. The second-order valence-corrected chi connectivity index (χ2v) is 6.32. The second kappa shape index (κ2) is 5.89. The number of benzene rings is 2. The van der Waals surface area contributed by atoms with E-state index in [1.807, 2.05) is 65.6 Å². The zero-order valence-electron chi connectivity index (χ0n) is 12.3. The van der Waals surface area contributed by atoms with Gasteiger partial charge in [-0.2, -0.15) is 0 Å². The van der Waals surface area contributed by atoms with Crippen molar-refractivity contribution in [1.29, 1.82) is 0 Å². The highest BCUT2D eigenvalue weighted by Gasteiger charge is 2.35. The first-order valence-corrected chi connectivity index (χ1v) is 8.28. The number of rotatable bonds is 2. The van der Waals surface area contributed by atoms with Gasteiger partial charge in [-0.05, 0) is 29.8 Å². The van der Waals surface area contributed by atoms with Gasteiger partial charge in [0.25, 0.3) is 5.91 Å². The summed E-state index contributed by atoms with van der Waals surface area (Å²) in [7, 11) is 0. The number of fused-ring (bicyclic) bond motifs is 1. The standard InChI is InChI=1S/C19H14N2OS/c22-18-16-12-7-13-20-17(16)23-19(14-8-3-1-4-9-14)21(18)15-10-5-2-6-11-15/h1-13,19H/t19-/m0/s1. The summed E-state index contributed by atoms with van der Waals surface area (Å²) in [5, 5.41) is 0.673. The molecule has 4 rings (SSSR count). The molecule has 0 aliphatic carbocycles. The van der Waals surface area contributed by atoms with Crippen LogP contribution in [-0.4, -0.2) is 10.9 Å². The normalized spacial score (nSPS) is 17.0. The van der Waals surface area contributed by atoms with Crippen LogP contribution in [0.1, 0.15) is 21.3 Å². The third kappa shape index (κ3) is 2.51. The molecule has 0 saturated carbocycles. The number of carbonyl (C=O) groups is 1. The summed E-state index contributed by atoms with van der Waals surface area (Å²) in [6, 6.07) is 23.5. The fourth-order valence-electron chi connectivity index (χ4n) is 2.72. The average molecular weight is 318 g/mol. The molecule has 1 aliphatic heterocycles. The predicted octanol–water partition coefficient (Wildman–Crippen LogP) is 4.53. The maximum absolute atomic E-state index is 13.1. The lowest BCUT2D eigenvalue weighted by Crippen LogP contribution is -2.37. The molecule has 0 bridgehead atoms. The van der Waals surface area contributed by atoms with Crippen molar-refractivity contribution in [1.82, 2.24) is 4.98 Å². The molecule has 4 heteroatoms. The largest absolute Gasteiger partial charge is 0.291 e. The minimum Gasteiger partial charge on any atom is -0.291 e. The van der Waals surface area contributed by atoms with Gasteiger partial charge in [0.2, 0.25) is 0 Å². The summed E-state index contributed by atoms with van der Waals surface area (Å²) in [4.78, 5) is 19.3. The average Bonchev–Trinajstić information content (AvgIpc) is 2.63. The van der Waals surface area contributed by atoms with E-state index in [2.05, 4.69) is 17.1 Å². The molecule has 0 spiro atoms. The van der Waals surface area contributed by atoms with Gasteiger partial charge in [-0.15, -0.1) is 0 Å². The van der Waals surface area contributed by atoms with Crippen molar-refractivity contribution in [2.75, 3.05) is 4.90 Å². The molecular formula is C19H14N2OS. The number of hydrogen-bond donors (Lipinski definition) is 0. The maximum atomic E-state index is 13.1. The Bertz CT molecular complexity index is 836. The van der Waals surface area contributed by atoms with Crippen LogP contribution in [0.5, 0.6) is 0 Å². The minimum absolute atomic E-state index is 0.00750. The van der Waals surface area contributed by atoms with Crippen LogP contribution in [0.15, 0.2) is 84.0 Å². The molecule has 1 aliphatic rings. The van der Waals surface area contributed by atoms with Crippen molar-refractivity contribution in [3.63, 3.8) is 0 Å². The fourth-order valence-corrected chi connectivity index (χ4v) is 3.95. The molecule has 0 radical (unpaired) electrons. The number of anilines is 1. The summed E-state index contributed by atoms with van der Waals surface area (Å²) in [6.07, 6.45) is 1.74. The van der Waals surface area contributed by atoms with Gasteiger partial charge in [0.1, 0.15) is 10.4 Å². The number of aromatic nitrogens is 1. The molecule has 23 heavy (non-hydrogen) atoms. The van der Waals surface area contributed by atoms with E-state index in [4.69, 9.17) is 0 Å². The monoisotopic (exact) mass is 318 g/mol. The Morgan fingerprint density at radius 1 is 0.870 bits per heavy atom. The van der Waals surface area contributed by atoms with Gasteiger partial charge in [0, 0.05) is 11.9 Å². The highest BCUT2D eigenvalue weighted by Crippen LogP contribution is 2.45. The van der Waals surface area contributed by atoms with Gasteiger partial charge in [0.15, 0.2) is 0 Å². The van der Waals surface area contributed by atoms with E-state index in [1.165, 1.54) is 0 Å². The molecule has 1 aromatic heterocycles. The van der Waals surface area contributed by atoms with Gasteiger partial charge >= 0.3 is 0 Å². The van der Waals surface area contributed by atoms with Gasteiger partial charge < -0.3 is 0 Å². The number of amides is 1. The number of nitrogens with zero attached hydrogens (tertiary/aromatic N) is 2. The first-order valence-electron chi connectivity index (χ1n) is 7.40. The molecule has 3 nitrogen and oxygen atoms in total. The Balaban J connectivity index is 1.87. The predicted molar refractivity (Wildman–Crippen MR) is 92.5 cm³/mol. The number of hydrogen-bond acceptors (Lipinski definition) is 3. The molecule has 2 aromatic carbocycles. The number of carbonyl (C=O) groups excluding carboxylic acids is 1. The zero-order chi connectivity index (χ0) is 15.6. The van der Waals surface area contributed by atoms with Gasteiger partial charge in [-0.25, -0.2) is 4.98 Å². The van der Waals surface area contributed by atoms with E-state index < -0.39 is 0 Å². The molecule has 0 fully saturated rings. The first kappa shape index (κ1) is 14.0. The van der Waals surface area contributed by atoms with Crippen LogP contribution in [0.25, 0.3) is 0 Å². The Hall–Kier alpha value is -2.59. The maximum Gasteiger partial charge on any atom is 0.262 e.